The van der Waals surface area contributed by atoms with Gasteiger partial charge in [-0.3, -0.25) is 14.4 Å². The third kappa shape index (κ3) is 45.6. The van der Waals surface area contributed by atoms with Crippen molar-refractivity contribution in [3.05, 3.63) is 11.1 Å². The molecule has 0 atom stereocenters. The molecule has 0 saturated carbocycles. The van der Waals surface area contributed by atoms with Crippen LogP contribution in [0, 0.1) is 5.41 Å². The Kier molecular flexibility index (Phi) is 50.9. The van der Waals surface area contributed by atoms with Crippen molar-refractivity contribution in [2.45, 2.75) is 327 Å². The van der Waals surface area contributed by atoms with Gasteiger partial charge in [0, 0.05) is 19.3 Å². The molecule has 0 aromatic heterocycles. The normalized spacial score (nSPS) is 11.7. The van der Waals surface area contributed by atoms with Crippen LogP contribution in [0.5, 0.6) is 0 Å². The molecule has 0 saturated heterocycles. The summed E-state index contributed by atoms with van der Waals surface area (Å²) in [5.41, 5.74) is 1.62. The summed E-state index contributed by atoms with van der Waals surface area (Å²) in [7, 11) is 0. The van der Waals surface area contributed by atoms with Gasteiger partial charge in [-0.1, -0.05) is 262 Å². The SMILES string of the molecule is O=C(O)CCCCCCCCCCCCCCCCCC(CCCCCCCCCCCCCCCCCC(=O)O)=C(CCCCCCCCCCCCCCCCCC(=O)O)C(CO)(CO)CO. The van der Waals surface area contributed by atoms with Gasteiger partial charge < -0.3 is 30.6 Å². The third-order valence-electron chi connectivity index (χ3n) is 15.0. The summed E-state index contributed by atoms with van der Waals surface area (Å²) in [5, 5.41) is 58.4. The van der Waals surface area contributed by atoms with E-state index in [1.807, 2.05) is 0 Å². The molecule has 0 aliphatic heterocycles. The molecule has 0 rings (SSSR count). The van der Waals surface area contributed by atoms with Gasteiger partial charge in [-0.2, -0.15) is 0 Å². The van der Waals surface area contributed by atoms with E-state index in [0.717, 1.165) is 108 Å². The minimum atomic E-state index is -0.945. The highest BCUT2D eigenvalue weighted by Gasteiger charge is 2.34. The van der Waals surface area contributed by atoms with Crippen LogP contribution in [0.2, 0.25) is 0 Å². The molecule has 0 aliphatic carbocycles. The minimum Gasteiger partial charge on any atom is -0.481 e. The molecule has 0 fully saturated rings. The lowest BCUT2D eigenvalue weighted by atomic mass is 9.75. The molecule has 0 radical (unpaired) electrons. The molecule has 9 heteroatoms. The van der Waals surface area contributed by atoms with E-state index in [0.29, 0.717) is 19.3 Å². The Morgan fingerprint density at radius 3 is 0.522 bits per heavy atom. The minimum absolute atomic E-state index is 0.213. The van der Waals surface area contributed by atoms with Gasteiger partial charge in [-0.05, 0) is 57.8 Å². The van der Waals surface area contributed by atoms with Gasteiger partial charge in [0.05, 0.1) is 25.2 Å². The fourth-order valence-corrected chi connectivity index (χ4v) is 10.4. The fraction of sp³-hybridized carbons (Fsp3) is 0.917. The van der Waals surface area contributed by atoms with E-state index in [2.05, 4.69) is 0 Å². The molecular weight excluding hydrogens is 865 g/mol. The van der Waals surface area contributed by atoms with E-state index < -0.39 is 23.3 Å². The van der Waals surface area contributed by atoms with Gasteiger partial charge in [-0.25, -0.2) is 0 Å². The molecule has 0 aliphatic rings. The van der Waals surface area contributed by atoms with Crippen LogP contribution in [0.4, 0.5) is 0 Å². The van der Waals surface area contributed by atoms with Crippen LogP contribution in [0.3, 0.4) is 0 Å². The quantitative estimate of drug-likeness (QED) is 0.0256. The first-order valence-electron chi connectivity index (χ1n) is 29.9. The second-order valence-electron chi connectivity index (χ2n) is 21.4. The highest BCUT2D eigenvalue weighted by Crippen LogP contribution is 2.37. The molecule has 6 N–H and O–H groups in total. The summed E-state index contributed by atoms with van der Waals surface area (Å²) in [4.78, 5) is 31.9. The molecular formula is C60H114O9. The van der Waals surface area contributed by atoms with E-state index in [1.54, 1.807) is 0 Å². The van der Waals surface area contributed by atoms with Crippen molar-refractivity contribution in [2.24, 2.45) is 5.41 Å². The predicted octanol–water partition coefficient (Wildman–Crippen LogP) is 17.4. The average molecular weight is 980 g/mol. The Hall–Kier alpha value is -1.97. The zero-order valence-electron chi connectivity index (χ0n) is 45.1. The maximum Gasteiger partial charge on any atom is 0.303 e. The van der Waals surface area contributed by atoms with Crippen molar-refractivity contribution in [3.8, 4) is 0 Å². The van der Waals surface area contributed by atoms with Gasteiger partial charge in [0.1, 0.15) is 0 Å². The molecule has 0 aromatic carbocycles. The lowest BCUT2D eigenvalue weighted by Gasteiger charge is -2.34. The number of carbonyl (C=O) groups is 3. The zero-order chi connectivity index (χ0) is 50.6. The van der Waals surface area contributed by atoms with Crippen LogP contribution in [0.1, 0.15) is 327 Å². The Labute approximate surface area is 425 Å². The van der Waals surface area contributed by atoms with Gasteiger partial charge >= 0.3 is 17.9 Å². The van der Waals surface area contributed by atoms with Crippen molar-refractivity contribution in [1.29, 1.82) is 0 Å². The fourth-order valence-electron chi connectivity index (χ4n) is 10.4. The summed E-state index contributed by atoms with van der Waals surface area (Å²) in [6.45, 7) is -0.640. The number of allylic oxidation sites excluding steroid dienone is 1. The largest absolute Gasteiger partial charge is 0.481 e. The van der Waals surface area contributed by atoms with Crippen molar-refractivity contribution >= 4 is 17.9 Å². The number of aliphatic carboxylic acids is 3. The molecule has 9 nitrogen and oxygen atoms in total. The predicted molar refractivity (Wildman–Crippen MR) is 289 cm³/mol. The number of aliphatic hydroxyl groups is 3. The standard InChI is InChI=1S/C60H114O9/c61-52-60(53-62,54-63)56(48-42-36-30-24-18-12-6-3-9-15-21-27-33-39-45-51-59(68)69)55(46-40-34-28-22-16-10-4-1-7-13-19-25-31-37-43-49-57(64)65)47-41-35-29-23-17-11-5-2-8-14-20-26-32-38-44-50-58(66)67/h61-63H,1-54H2,(H,64,65)(H,66,67)(H,68,69). The van der Waals surface area contributed by atoms with Crippen LogP contribution in [0.25, 0.3) is 0 Å². The van der Waals surface area contributed by atoms with Crippen LogP contribution in [-0.2, 0) is 14.4 Å². The van der Waals surface area contributed by atoms with Crippen molar-refractivity contribution < 1.29 is 45.0 Å². The lowest BCUT2D eigenvalue weighted by molar-refractivity contribution is -0.138. The molecule has 0 spiro atoms. The smallest absolute Gasteiger partial charge is 0.303 e. The third-order valence-corrected chi connectivity index (χ3v) is 15.0. The molecule has 408 valence electrons. The van der Waals surface area contributed by atoms with E-state index >= 15 is 0 Å². The lowest BCUT2D eigenvalue weighted by Crippen LogP contribution is -2.37. The first-order chi connectivity index (χ1) is 33.7. The number of aliphatic hydroxyl groups excluding tert-OH is 3. The Morgan fingerprint density at radius 1 is 0.217 bits per heavy atom. The van der Waals surface area contributed by atoms with E-state index in [-0.39, 0.29) is 19.8 Å². The molecule has 0 amide bonds. The second kappa shape index (κ2) is 52.4. The Bertz CT molecular complexity index is 1110. The topological polar surface area (TPSA) is 173 Å². The maximum absolute atomic E-state index is 10.7. The van der Waals surface area contributed by atoms with Crippen LogP contribution in [0.15, 0.2) is 11.1 Å². The Balaban J connectivity index is 4.81. The second-order valence-corrected chi connectivity index (χ2v) is 21.4. The average Bonchev–Trinajstić information content (AvgIpc) is 3.33. The first kappa shape index (κ1) is 67.0. The summed E-state index contributed by atoms with van der Waals surface area (Å²) in [5.74, 6) is -2.04. The van der Waals surface area contributed by atoms with Crippen molar-refractivity contribution in [3.63, 3.8) is 0 Å². The maximum atomic E-state index is 10.7. The summed E-state index contributed by atoms with van der Waals surface area (Å²) in [6, 6.07) is 0. The number of carboxylic acids is 3. The number of rotatable bonds is 58. The molecule has 0 aromatic rings. The van der Waals surface area contributed by atoms with Crippen LogP contribution < -0.4 is 0 Å². The Morgan fingerprint density at radius 2 is 0.362 bits per heavy atom. The first-order valence-corrected chi connectivity index (χ1v) is 29.9. The summed E-state index contributed by atoms with van der Waals surface area (Å²) in [6.07, 6.45) is 58.3. The van der Waals surface area contributed by atoms with Gasteiger partial charge in [-0.15, -0.1) is 0 Å². The van der Waals surface area contributed by atoms with E-state index in [1.165, 1.54) is 211 Å². The molecule has 69 heavy (non-hydrogen) atoms. The van der Waals surface area contributed by atoms with E-state index in [9.17, 15) is 29.7 Å². The number of carboxylic acid groups (broad SMARTS) is 3. The highest BCUT2D eigenvalue weighted by atomic mass is 16.4. The number of hydrogen-bond acceptors (Lipinski definition) is 6. The van der Waals surface area contributed by atoms with Gasteiger partial charge in [0.2, 0.25) is 0 Å². The number of unbranched alkanes of at least 4 members (excludes halogenated alkanes) is 42. The van der Waals surface area contributed by atoms with Crippen LogP contribution in [-0.4, -0.2) is 68.4 Å². The zero-order valence-corrected chi connectivity index (χ0v) is 45.1. The van der Waals surface area contributed by atoms with Crippen molar-refractivity contribution in [2.75, 3.05) is 19.8 Å². The van der Waals surface area contributed by atoms with Crippen LogP contribution >= 0.6 is 0 Å². The summed E-state index contributed by atoms with van der Waals surface area (Å²) >= 11 is 0. The van der Waals surface area contributed by atoms with E-state index in [4.69, 9.17) is 15.3 Å². The summed E-state index contributed by atoms with van der Waals surface area (Å²) < 4.78 is 0. The molecule has 0 unspecified atom stereocenters. The molecule has 0 heterocycles. The highest BCUT2D eigenvalue weighted by molar-refractivity contribution is 5.67. The van der Waals surface area contributed by atoms with Gasteiger partial charge in [0.15, 0.2) is 0 Å². The monoisotopic (exact) mass is 979 g/mol. The van der Waals surface area contributed by atoms with Crippen molar-refractivity contribution in [1.82, 2.24) is 0 Å². The van der Waals surface area contributed by atoms with Gasteiger partial charge in [0.25, 0.3) is 0 Å². The number of hydrogen-bond donors (Lipinski definition) is 6. The molecule has 0 bridgehead atoms.